The summed E-state index contributed by atoms with van der Waals surface area (Å²) >= 11 is 0. The quantitative estimate of drug-likeness (QED) is 0.508. The van der Waals surface area contributed by atoms with Gasteiger partial charge in [0, 0.05) is 62.3 Å². The van der Waals surface area contributed by atoms with Gasteiger partial charge in [-0.25, -0.2) is 4.98 Å². The van der Waals surface area contributed by atoms with Gasteiger partial charge in [0.05, 0.1) is 38.7 Å². The van der Waals surface area contributed by atoms with E-state index in [-0.39, 0.29) is 5.91 Å². The third-order valence-corrected chi connectivity index (χ3v) is 6.53. The molecule has 3 aliphatic rings. The second kappa shape index (κ2) is 12.3. The lowest BCUT2D eigenvalue weighted by Gasteiger charge is -2.29. The van der Waals surface area contributed by atoms with Gasteiger partial charge in [-0.3, -0.25) is 14.7 Å². The Morgan fingerprint density at radius 2 is 1.86 bits per heavy atom. The first-order valence-corrected chi connectivity index (χ1v) is 12.9. The number of benzene rings is 1. The summed E-state index contributed by atoms with van der Waals surface area (Å²) in [6.07, 6.45) is 3.95. The van der Waals surface area contributed by atoms with Crippen molar-refractivity contribution in [2.75, 3.05) is 70.7 Å². The number of amides is 1. The van der Waals surface area contributed by atoms with E-state index in [1.54, 1.807) is 6.21 Å². The zero-order chi connectivity index (χ0) is 24.6. The summed E-state index contributed by atoms with van der Waals surface area (Å²) in [6.45, 7) is 8.41. The summed E-state index contributed by atoms with van der Waals surface area (Å²) in [5, 5.41) is 3.03. The highest BCUT2D eigenvalue weighted by Gasteiger charge is 2.23. The molecule has 1 amide bonds. The van der Waals surface area contributed by atoms with Gasteiger partial charge in [-0.15, -0.1) is 0 Å². The number of pyridine rings is 1. The molecule has 3 fully saturated rings. The molecule has 9 nitrogen and oxygen atoms in total. The lowest BCUT2D eigenvalue weighted by Crippen LogP contribution is -2.38. The van der Waals surface area contributed by atoms with Gasteiger partial charge < -0.3 is 24.4 Å². The Morgan fingerprint density at radius 1 is 1.08 bits per heavy atom. The first-order valence-electron chi connectivity index (χ1n) is 12.9. The fourth-order valence-electron chi connectivity index (χ4n) is 4.31. The smallest absolute Gasteiger partial charge is 0.251 e. The van der Waals surface area contributed by atoms with Gasteiger partial charge in [0.2, 0.25) is 5.88 Å². The zero-order valence-electron chi connectivity index (χ0n) is 20.7. The molecule has 1 aromatic heterocycles. The maximum absolute atomic E-state index is 12.4. The van der Waals surface area contributed by atoms with Crippen molar-refractivity contribution in [2.24, 2.45) is 4.99 Å². The largest absolute Gasteiger partial charge is 0.476 e. The van der Waals surface area contributed by atoms with E-state index in [4.69, 9.17) is 19.2 Å². The van der Waals surface area contributed by atoms with Gasteiger partial charge in [0.25, 0.3) is 5.91 Å². The van der Waals surface area contributed by atoms with Crippen LogP contribution >= 0.6 is 0 Å². The van der Waals surface area contributed by atoms with Gasteiger partial charge in [-0.1, -0.05) is 12.1 Å². The van der Waals surface area contributed by atoms with Crippen LogP contribution in [-0.2, 0) is 16.0 Å². The van der Waals surface area contributed by atoms with Crippen LogP contribution in [0, 0.1) is 0 Å². The lowest BCUT2D eigenvalue weighted by atomic mass is 10.1. The molecular formula is C27H35N5O4. The number of hydrogen-bond donors (Lipinski definition) is 1. The second-order valence-corrected chi connectivity index (χ2v) is 9.40. The molecule has 0 unspecified atom stereocenters. The highest BCUT2D eigenvalue weighted by Crippen LogP contribution is 2.23. The van der Waals surface area contributed by atoms with Crippen molar-refractivity contribution >= 4 is 17.8 Å². The van der Waals surface area contributed by atoms with E-state index in [1.165, 1.54) is 0 Å². The summed E-state index contributed by atoms with van der Waals surface area (Å²) in [5.74, 6) is 0.600. The van der Waals surface area contributed by atoms with Crippen molar-refractivity contribution in [3.63, 3.8) is 0 Å². The van der Waals surface area contributed by atoms with Crippen LogP contribution in [0.3, 0.4) is 0 Å². The van der Waals surface area contributed by atoms with Crippen LogP contribution in [0.25, 0.3) is 0 Å². The normalized spacial score (nSPS) is 18.9. The Labute approximate surface area is 212 Å². The number of nitrogens with zero attached hydrogens (tertiary/aromatic N) is 4. The highest BCUT2D eigenvalue weighted by atomic mass is 16.5. The standard InChI is InChI=1S/C27H35N5O4/c33-27(30-23-4-5-23)22-3-1-2-21(16-22)19-28-20-24-17-25(32-9-13-35-14-10-32)18-26(29-24)36-15-8-31-6-11-34-12-7-31/h1-3,16-19,23H,4-15,20H2,(H,30,33). The molecule has 9 heteroatoms. The Morgan fingerprint density at radius 3 is 2.64 bits per heavy atom. The van der Waals surface area contributed by atoms with E-state index < -0.39 is 0 Å². The summed E-state index contributed by atoms with van der Waals surface area (Å²) in [7, 11) is 0. The number of carbonyl (C=O) groups is 1. The van der Waals surface area contributed by atoms with E-state index >= 15 is 0 Å². The number of aromatic nitrogens is 1. The molecule has 1 saturated carbocycles. The molecule has 1 aliphatic carbocycles. The molecule has 2 aromatic rings. The summed E-state index contributed by atoms with van der Waals surface area (Å²) in [6, 6.07) is 12.0. The van der Waals surface area contributed by atoms with Gasteiger partial charge in [-0.2, -0.15) is 0 Å². The molecule has 3 heterocycles. The van der Waals surface area contributed by atoms with Crippen molar-refractivity contribution in [2.45, 2.75) is 25.4 Å². The maximum Gasteiger partial charge on any atom is 0.251 e. The number of nitrogens with one attached hydrogen (secondary N) is 1. The van der Waals surface area contributed by atoms with Crippen LogP contribution in [0.5, 0.6) is 5.88 Å². The Hall–Kier alpha value is -3.01. The van der Waals surface area contributed by atoms with Gasteiger partial charge in [0.15, 0.2) is 0 Å². The summed E-state index contributed by atoms with van der Waals surface area (Å²) in [5.41, 5.74) is 3.48. The monoisotopic (exact) mass is 493 g/mol. The number of hydrogen-bond acceptors (Lipinski definition) is 8. The Balaban J connectivity index is 1.24. The molecule has 0 spiro atoms. The maximum atomic E-state index is 12.4. The van der Waals surface area contributed by atoms with Crippen LogP contribution in [0.15, 0.2) is 41.4 Å². The average molecular weight is 494 g/mol. The number of aliphatic imine (C=N–C) groups is 1. The van der Waals surface area contributed by atoms with E-state index in [9.17, 15) is 4.79 Å². The first-order chi connectivity index (χ1) is 17.7. The van der Waals surface area contributed by atoms with Crippen LogP contribution in [0.4, 0.5) is 5.69 Å². The number of rotatable bonds is 10. The van der Waals surface area contributed by atoms with E-state index in [1.807, 2.05) is 30.3 Å². The first kappa shape index (κ1) is 24.7. The fourth-order valence-corrected chi connectivity index (χ4v) is 4.31. The molecule has 0 atom stereocenters. The number of carbonyl (C=O) groups excluding carboxylic acids is 1. The molecule has 36 heavy (non-hydrogen) atoms. The zero-order valence-corrected chi connectivity index (χ0v) is 20.7. The fraction of sp³-hybridized carbons (Fsp3) is 0.519. The third kappa shape index (κ3) is 7.25. The molecule has 2 aliphatic heterocycles. The topological polar surface area (TPSA) is 88.5 Å². The molecular weight excluding hydrogens is 458 g/mol. The highest BCUT2D eigenvalue weighted by molar-refractivity contribution is 5.96. The molecule has 0 radical (unpaired) electrons. The number of morpholine rings is 2. The van der Waals surface area contributed by atoms with E-state index in [2.05, 4.69) is 26.2 Å². The molecule has 1 aromatic carbocycles. The van der Waals surface area contributed by atoms with Crippen molar-refractivity contribution in [3.8, 4) is 5.88 Å². The number of ether oxygens (including phenoxy) is 3. The van der Waals surface area contributed by atoms with Crippen LogP contribution < -0.4 is 15.0 Å². The molecule has 1 N–H and O–H groups in total. The SMILES string of the molecule is O=C(NC1CC1)c1cccc(C=NCc2cc(N3CCOCC3)cc(OCCN3CCOCC3)n2)c1. The Bertz CT molecular complexity index is 1050. The van der Waals surface area contributed by atoms with Gasteiger partial charge in [-0.05, 0) is 36.6 Å². The minimum Gasteiger partial charge on any atom is -0.476 e. The predicted octanol–water partition coefficient (Wildman–Crippen LogP) is 2.14. The van der Waals surface area contributed by atoms with E-state index in [0.29, 0.717) is 43.9 Å². The van der Waals surface area contributed by atoms with Crippen LogP contribution in [-0.4, -0.2) is 93.8 Å². The van der Waals surface area contributed by atoms with Crippen LogP contribution in [0.2, 0.25) is 0 Å². The second-order valence-electron chi connectivity index (χ2n) is 9.40. The van der Waals surface area contributed by atoms with Crippen molar-refractivity contribution in [3.05, 3.63) is 53.2 Å². The lowest BCUT2D eigenvalue weighted by molar-refractivity contribution is 0.0320. The molecule has 2 saturated heterocycles. The molecule has 192 valence electrons. The van der Waals surface area contributed by atoms with Gasteiger partial charge >= 0.3 is 0 Å². The molecule has 0 bridgehead atoms. The number of anilines is 1. The van der Waals surface area contributed by atoms with Crippen molar-refractivity contribution in [1.29, 1.82) is 0 Å². The Kier molecular flexibility index (Phi) is 8.43. The van der Waals surface area contributed by atoms with Crippen molar-refractivity contribution in [1.82, 2.24) is 15.2 Å². The van der Waals surface area contributed by atoms with Crippen molar-refractivity contribution < 1.29 is 19.0 Å². The predicted molar refractivity (Wildman–Crippen MR) is 138 cm³/mol. The summed E-state index contributed by atoms with van der Waals surface area (Å²) < 4.78 is 17.0. The third-order valence-electron chi connectivity index (χ3n) is 6.53. The minimum atomic E-state index is -0.0218. The van der Waals surface area contributed by atoms with Gasteiger partial charge in [0.1, 0.15) is 6.61 Å². The van der Waals surface area contributed by atoms with E-state index in [0.717, 1.165) is 75.7 Å². The van der Waals surface area contributed by atoms with Crippen LogP contribution in [0.1, 0.15) is 34.5 Å². The molecule has 5 rings (SSSR count). The summed E-state index contributed by atoms with van der Waals surface area (Å²) in [4.78, 5) is 26.4. The minimum absolute atomic E-state index is 0.0218. The average Bonchev–Trinajstić information content (AvgIpc) is 3.74.